The Balaban J connectivity index is 1.93. The molecule has 2 aromatic rings. The molecule has 1 aromatic carbocycles. The molecule has 0 radical (unpaired) electrons. The highest BCUT2D eigenvalue weighted by Gasteiger charge is 2.09. The second-order valence-corrected chi connectivity index (χ2v) is 6.53. The quantitative estimate of drug-likeness (QED) is 0.575. The molecule has 0 spiro atoms. The number of hydrogen-bond donors (Lipinski definition) is 3. The molecular formula is C17H24N6O. The zero-order valence-electron chi connectivity index (χ0n) is 14.3. The van der Waals surface area contributed by atoms with Gasteiger partial charge in [0.15, 0.2) is 5.96 Å². The zero-order chi connectivity index (χ0) is 17.6. The number of aliphatic imine (C=N–C) groups is 1. The van der Waals surface area contributed by atoms with E-state index in [0.717, 1.165) is 11.3 Å². The van der Waals surface area contributed by atoms with Gasteiger partial charge in [-0.05, 0) is 44.5 Å². The Kier molecular flexibility index (Phi) is 5.57. The van der Waals surface area contributed by atoms with E-state index in [0.29, 0.717) is 12.5 Å². The van der Waals surface area contributed by atoms with Gasteiger partial charge in [0.1, 0.15) is 6.54 Å². The summed E-state index contributed by atoms with van der Waals surface area (Å²) < 4.78 is 1.57. The fourth-order valence-corrected chi connectivity index (χ4v) is 2.09. The normalized spacial score (nSPS) is 12.0. The highest BCUT2D eigenvalue weighted by Crippen LogP contribution is 2.12. The molecule has 1 amide bonds. The number of nitrogens with zero attached hydrogens (tertiary/aromatic N) is 3. The van der Waals surface area contributed by atoms with Gasteiger partial charge in [0, 0.05) is 23.6 Å². The van der Waals surface area contributed by atoms with Crippen molar-refractivity contribution >= 4 is 17.6 Å². The molecule has 1 heterocycles. The van der Waals surface area contributed by atoms with Crippen molar-refractivity contribution < 1.29 is 4.79 Å². The van der Waals surface area contributed by atoms with Crippen LogP contribution in [0.2, 0.25) is 0 Å². The van der Waals surface area contributed by atoms with Crippen molar-refractivity contribution in [2.45, 2.75) is 39.4 Å². The number of carbonyl (C=O) groups is 1. The maximum Gasteiger partial charge on any atom is 0.246 e. The average Bonchev–Trinajstić information content (AvgIpc) is 2.96. The van der Waals surface area contributed by atoms with Crippen LogP contribution in [0.3, 0.4) is 0 Å². The lowest BCUT2D eigenvalue weighted by molar-refractivity contribution is -0.116. The van der Waals surface area contributed by atoms with Crippen molar-refractivity contribution in [3.05, 3.63) is 48.3 Å². The number of amides is 1. The first-order chi connectivity index (χ1) is 11.3. The summed E-state index contributed by atoms with van der Waals surface area (Å²) in [5.41, 5.74) is 7.42. The van der Waals surface area contributed by atoms with E-state index in [-0.39, 0.29) is 18.0 Å². The fraction of sp³-hybridized carbons (Fsp3) is 0.353. The molecule has 0 aliphatic heterocycles. The standard InChI is InChI=1S/C17H24N6O/c1-17(2,3)22-16(18)19-11-13-6-4-7-14(10-13)21-15(24)12-23-9-5-8-20-23/h4-10H,11-12H2,1-3H3,(H,21,24)(H3,18,19,22). The molecule has 128 valence electrons. The molecule has 0 saturated carbocycles. The van der Waals surface area contributed by atoms with Gasteiger partial charge < -0.3 is 16.4 Å². The van der Waals surface area contributed by atoms with Gasteiger partial charge >= 0.3 is 0 Å². The zero-order valence-corrected chi connectivity index (χ0v) is 14.3. The van der Waals surface area contributed by atoms with Gasteiger partial charge in [0.05, 0.1) is 6.54 Å². The minimum atomic E-state index is -0.131. The van der Waals surface area contributed by atoms with Crippen LogP contribution in [0, 0.1) is 0 Å². The van der Waals surface area contributed by atoms with Crippen LogP contribution in [-0.2, 0) is 17.9 Å². The van der Waals surface area contributed by atoms with Gasteiger partial charge in [-0.2, -0.15) is 5.10 Å². The average molecular weight is 328 g/mol. The summed E-state index contributed by atoms with van der Waals surface area (Å²) in [6.45, 7) is 6.68. The number of carbonyl (C=O) groups excluding carboxylic acids is 1. The molecule has 0 aliphatic rings. The fourth-order valence-electron chi connectivity index (χ4n) is 2.09. The maximum atomic E-state index is 12.0. The van der Waals surface area contributed by atoms with Crippen LogP contribution in [0.1, 0.15) is 26.3 Å². The highest BCUT2D eigenvalue weighted by molar-refractivity contribution is 5.90. The maximum absolute atomic E-state index is 12.0. The third-order valence-electron chi connectivity index (χ3n) is 3.01. The molecule has 0 unspecified atom stereocenters. The summed E-state index contributed by atoms with van der Waals surface area (Å²) in [6.07, 6.45) is 3.39. The van der Waals surface area contributed by atoms with E-state index in [1.54, 1.807) is 23.1 Å². The van der Waals surface area contributed by atoms with Gasteiger partial charge in [-0.1, -0.05) is 12.1 Å². The molecule has 0 saturated heterocycles. The van der Waals surface area contributed by atoms with Crippen LogP contribution in [0.25, 0.3) is 0 Å². The number of anilines is 1. The molecule has 0 atom stereocenters. The summed E-state index contributed by atoms with van der Waals surface area (Å²) in [5.74, 6) is 0.267. The Morgan fingerprint density at radius 3 is 2.79 bits per heavy atom. The van der Waals surface area contributed by atoms with Crippen LogP contribution >= 0.6 is 0 Å². The number of aromatic nitrogens is 2. The first-order valence-electron chi connectivity index (χ1n) is 7.76. The minimum Gasteiger partial charge on any atom is -0.370 e. The van der Waals surface area contributed by atoms with E-state index in [1.807, 2.05) is 45.0 Å². The highest BCUT2D eigenvalue weighted by atomic mass is 16.2. The Bertz CT molecular complexity index is 700. The SMILES string of the molecule is CC(C)(C)NC(N)=NCc1cccc(NC(=O)Cn2cccn2)c1. The summed E-state index contributed by atoms with van der Waals surface area (Å²) in [6, 6.07) is 9.32. The van der Waals surface area contributed by atoms with Crippen LogP contribution in [0.4, 0.5) is 5.69 Å². The van der Waals surface area contributed by atoms with E-state index >= 15 is 0 Å². The number of rotatable bonds is 5. The largest absolute Gasteiger partial charge is 0.370 e. The third kappa shape index (κ3) is 6.12. The lowest BCUT2D eigenvalue weighted by atomic mass is 10.1. The Morgan fingerprint density at radius 2 is 2.12 bits per heavy atom. The Labute approximate surface area is 142 Å². The van der Waals surface area contributed by atoms with Crippen LogP contribution in [0.15, 0.2) is 47.7 Å². The van der Waals surface area contributed by atoms with E-state index < -0.39 is 0 Å². The van der Waals surface area contributed by atoms with E-state index in [9.17, 15) is 4.79 Å². The van der Waals surface area contributed by atoms with Crippen molar-refractivity contribution in [1.29, 1.82) is 0 Å². The van der Waals surface area contributed by atoms with Crippen LogP contribution in [-0.4, -0.2) is 27.2 Å². The lowest BCUT2D eigenvalue weighted by Crippen LogP contribution is -2.44. The summed E-state index contributed by atoms with van der Waals surface area (Å²) >= 11 is 0. The van der Waals surface area contributed by atoms with Crippen molar-refractivity contribution in [3.8, 4) is 0 Å². The van der Waals surface area contributed by atoms with Crippen molar-refractivity contribution in [2.24, 2.45) is 10.7 Å². The van der Waals surface area contributed by atoms with Gasteiger partial charge in [0.2, 0.25) is 5.91 Å². The predicted octanol–water partition coefficient (Wildman–Crippen LogP) is 1.72. The third-order valence-corrected chi connectivity index (χ3v) is 3.01. The smallest absolute Gasteiger partial charge is 0.246 e. The molecule has 0 aliphatic carbocycles. The van der Waals surface area contributed by atoms with Gasteiger partial charge in [-0.15, -0.1) is 0 Å². The van der Waals surface area contributed by atoms with E-state index in [4.69, 9.17) is 5.73 Å². The number of nitrogens with two attached hydrogens (primary N) is 1. The number of hydrogen-bond acceptors (Lipinski definition) is 3. The summed E-state index contributed by atoms with van der Waals surface area (Å²) in [4.78, 5) is 16.3. The molecule has 24 heavy (non-hydrogen) atoms. The van der Waals surface area contributed by atoms with Crippen LogP contribution in [0.5, 0.6) is 0 Å². The first kappa shape index (κ1) is 17.5. The van der Waals surface area contributed by atoms with Gasteiger partial charge in [-0.25, -0.2) is 4.99 Å². The van der Waals surface area contributed by atoms with Crippen molar-refractivity contribution in [3.63, 3.8) is 0 Å². The van der Waals surface area contributed by atoms with E-state index in [1.165, 1.54) is 0 Å². The number of nitrogens with one attached hydrogen (secondary N) is 2. The Morgan fingerprint density at radius 1 is 1.33 bits per heavy atom. The molecule has 7 nitrogen and oxygen atoms in total. The molecule has 0 bridgehead atoms. The summed E-state index contributed by atoms with van der Waals surface area (Å²) in [5, 5.41) is 9.97. The topological polar surface area (TPSA) is 97.3 Å². The molecule has 7 heteroatoms. The molecule has 4 N–H and O–H groups in total. The summed E-state index contributed by atoms with van der Waals surface area (Å²) in [7, 11) is 0. The van der Waals surface area contributed by atoms with Crippen molar-refractivity contribution in [2.75, 3.05) is 5.32 Å². The minimum absolute atomic E-state index is 0.129. The molecular weight excluding hydrogens is 304 g/mol. The molecule has 2 rings (SSSR count). The molecule has 0 fully saturated rings. The first-order valence-corrected chi connectivity index (χ1v) is 7.76. The van der Waals surface area contributed by atoms with Gasteiger partial charge in [0.25, 0.3) is 0 Å². The number of guanidine groups is 1. The van der Waals surface area contributed by atoms with Crippen LogP contribution < -0.4 is 16.4 Å². The van der Waals surface area contributed by atoms with Gasteiger partial charge in [-0.3, -0.25) is 9.48 Å². The molecule has 1 aromatic heterocycles. The van der Waals surface area contributed by atoms with Crippen molar-refractivity contribution in [1.82, 2.24) is 15.1 Å². The number of benzene rings is 1. The lowest BCUT2D eigenvalue weighted by Gasteiger charge is -2.21. The predicted molar refractivity (Wildman–Crippen MR) is 95.5 cm³/mol. The second-order valence-electron chi connectivity index (χ2n) is 6.53. The Hall–Kier alpha value is -2.83. The van der Waals surface area contributed by atoms with E-state index in [2.05, 4.69) is 20.7 Å². The second kappa shape index (κ2) is 7.63. The monoisotopic (exact) mass is 328 g/mol.